The first-order valence-corrected chi connectivity index (χ1v) is 6.67. The van der Waals surface area contributed by atoms with E-state index in [-0.39, 0.29) is 5.91 Å². The maximum absolute atomic E-state index is 12.1. The van der Waals surface area contributed by atoms with E-state index in [1.54, 1.807) is 6.07 Å². The van der Waals surface area contributed by atoms with Gasteiger partial charge in [0.15, 0.2) is 0 Å². The Morgan fingerprint density at radius 2 is 1.83 bits per heavy atom. The van der Waals surface area contributed by atoms with Crippen LogP contribution in [0.2, 0.25) is 0 Å². The highest BCUT2D eigenvalue weighted by Crippen LogP contribution is 2.21. The van der Waals surface area contributed by atoms with Gasteiger partial charge in [-0.3, -0.25) is 4.79 Å². The number of aryl methyl sites for hydroxylation is 1. The summed E-state index contributed by atoms with van der Waals surface area (Å²) in [5.74, 6) is -0.151. The first kappa shape index (κ1) is 13.2. The van der Waals surface area contributed by atoms with E-state index in [0.717, 1.165) is 20.6 Å². The molecule has 2 nitrogen and oxygen atoms in total. The second-order valence-corrected chi connectivity index (χ2v) is 5.36. The topological polar surface area (TPSA) is 29.1 Å². The predicted octanol–water partition coefficient (Wildman–Crippen LogP) is 4.30. The van der Waals surface area contributed by atoms with Gasteiger partial charge in [-0.25, -0.2) is 0 Å². The van der Waals surface area contributed by atoms with Gasteiger partial charge in [-0.05, 0) is 53.2 Å². The van der Waals surface area contributed by atoms with Gasteiger partial charge in [-0.15, -0.1) is 12.6 Å². The SMILES string of the molecule is Cc1ccc(NC(=O)c2cc(S)ccc2Br)cc1. The number of hydrogen-bond donors (Lipinski definition) is 2. The fraction of sp³-hybridized carbons (Fsp3) is 0.0714. The lowest BCUT2D eigenvalue weighted by Crippen LogP contribution is -2.12. The fourth-order valence-electron chi connectivity index (χ4n) is 1.52. The summed E-state index contributed by atoms with van der Waals surface area (Å²) in [6.07, 6.45) is 0. The second kappa shape index (κ2) is 5.59. The summed E-state index contributed by atoms with van der Waals surface area (Å²) in [4.78, 5) is 12.9. The van der Waals surface area contributed by atoms with Gasteiger partial charge in [0.25, 0.3) is 5.91 Å². The van der Waals surface area contributed by atoms with E-state index in [0.29, 0.717) is 5.56 Å². The Morgan fingerprint density at radius 3 is 2.50 bits per heavy atom. The normalized spacial score (nSPS) is 10.2. The van der Waals surface area contributed by atoms with Crippen LogP contribution in [0.25, 0.3) is 0 Å². The Morgan fingerprint density at radius 1 is 1.17 bits per heavy atom. The molecule has 4 heteroatoms. The molecular formula is C14H12BrNOS. The molecule has 2 aromatic carbocycles. The smallest absolute Gasteiger partial charge is 0.256 e. The summed E-state index contributed by atoms with van der Waals surface area (Å²) >= 11 is 7.60. The number of anilines is 1. The summed E-state index contributed by atoms with van der Waals surface area (Å²) < 4.78 is 0.755. The highest BCUT2D eigenvalue weighted by molar-refractivity contribution is 9.10. The van der Waals surface area contributed by atoms with Crippen molar-refractivity contribution in [2.24, 2.45) is 0 Å². The molecule has 92 valence electrons. The minimum Gasteiger partial charge on any atom is -0.322 e. The number of thiol groups is 1. The Balaban J connectivity index is 2.21. The average molecular weight is 322 g/mol. The number of carbonyl (C=O) groups is 1. The molecule has 2 aromatic rings. The molecule has 0 bridgehead atoms. The zero-order chi connectivity index (χ0) is 13.1. The van der Waals surface area contributed by atoms with Gasteiger partial charge in [-0.2, -0.15) is 0 Å². The fourth-order valence-corrected chi connectivity index (χ4v) is 2.15. The highest BCUT2D eigenvalue weighted by Gasteiger charge is 2.10. The summed E-state index contributed by atoms with van der Waals surface area (Å²) in [7, 11) is 0. The molecule has 0 fully saturated rings. The third kappa shape index (κ3) is 3.15. The molecular weight excluding hydrogens is 310 g/mol. The molecule has 0 aliphatic heterocycles. The first-order valence-electron chi connectivity index (χ1n) is 5.43. The van der Waals surface area contributed by atoms with Crippen LogP contribution in [0, 0.1) is 6.92 Å². The van der Waals surface area contributed by atoms with Crippen molar-refractivity contribution in [1.29, 1.82) is 0 Å². The second-order valence-electron chi connectivity index (χ2n) is 3.98. The van der Waals surface area contributed by atoms with Crippen LogP contribution in [0.1, 0.15) is 15.9 Å². The number of nitrogens with one attached hydrogen (secondary N) is 1. The van der Waals surface area contributed by atoms with Crippen LogP contribution >= 0.6 is 28.6 Å². The molecule has 0 aliphatic rings. The molecule has 0 spiro atoms. The molecule has 0 aromatic heterocycles. The quantitative estimate of drug-likeness (QED) is 0.793. The summed E-state index contributed by atoms with van der Waals surface area (Å²) in [6, 6.07) is 13.1. The zero-order valence-electron chi connectivity index (χ0n) is 9.77. The Bertz CT molecular complexity index is 581. The van der Waals surface area contributed by atoms with Crippen LogP contribution in [0.5, 0.6) is 0 Å². The Labute approximate surface area is 120 Å². The lowest BCUT2D eigenvalue weighted by atomic mass is 10.2. The molecule has 1 N–H and O–H groups in total. The molecule has 1 amide bonds. The van der Waals surface area contributed by atoms with Gasteiger partial charge in [0, 0.05) is 15.1 Å². The molecule has 0 saturated carbocycles. The van der Waals surface area contributed by atoms with E-state index in [4.69, 9.17) is 0 Å². The molecule has 0 aliphatic carbocycles. The van der Waals surface area contributed by atoms with Crippen LogP contribution in [0.15, 0.2) is 51.8 Å². The van der Waals surface area contributed by atoms with E-state index < -0.39 is 0 Å². The average Bonchev–Trinajstić information content (AvgIpc) is 2.35. The van der Waals surface area contributed by atoms with Crippen molar-refractivity contribution in [1.82, 2.24) is 0 Å². The number of amides is 1. The van der Waals surface area contributed by atoms with Crippen molar-refractivity contribution in [3.05, 3.63) is 58.1 Å². The van der Waals surface area contributed by atoms with Crippen molar-refractivity contribution in [3.63, 3.8) is 0 Å². The lowest BCUT2D eigenvalue weighted by molar-refractivity contribution is 0.102. The highest BCUT2D eigenvalue weighted by atomic mass is 79.9. The van der Waals surface area contributed by atoms with Crippen LogP contribution in [0.4, 0.5) is 5.69 Å². The number of carbonyl (C=O) groups excluding carboxylic acids is 1. The van der Waals surface area contributed by atoms with Crippen LogP contribution < -0.4 is 5.32 Å². The molecule has 18 heavy (non-hydrogen) atoms. The molecule has 2 rings (SSSR count). The minimum absolute atomic E-state index is 0.151. The third-order valence-corrected chi connectivity index (χ3v) is 3.47. The maximum atomic E-state index is 12.1. The van der Waals surface area contributed by atoms with Crippen LogP contribution in [0.3, 0.4) is 0 Å². The van der Waals surface area contributed by atoms with E-state index in [9.17, 15) is 4.79 Å². The van der Waals surface area contributed by atoms with E-state index in [1.165, 1.54) is 0 Å². The predicted molar refractivity (Wildman–Crippen MR) is 80.5 cm³/mol. The van der Waals surface area contributed by atoms with Crippen molar-refractivity contribution in [3.8, 4) is 0 Å². The molecule has 0 unspecified atom stereocenters. The van der Waals surface area contributed by atoms with Crippen molar-refractivity contribution >= 4 is 40.2 Å². The van der Waals surface area contributed by atoms with Crippen molar-refractivity contribution in [2.75, 3.05) is 5.32 Å². The van der Waals surface area contributed by atoms with Gasteiger partial charge < -0.3 is 5.32 Å². The van der Waals surface area contributed by atoms with Gasteiger partial charge in [0.2, 0.25) is 0 Å². The molecule has 0 radical (unpaired) electrons. The van der Waals surface area contributed by atoms with E-state index >= 15 is 0 Å². The minimum atomic E-state index is -0.151. The van der Waals surface area contributed by atoms with Gasteiger partial charge in [0.05, 0.1) is 5.56 Å². The summed E-state index contributed by atoms with van der Waals surface area (Å²) in [5, 5.41) is 2.85. The van der Waals surface area contributed by atoms with Crippen LogP contribution in [-0.2, 0) is 0 Å². The van der Waals surface area contributed by atoms with Crippen molar-refractivity contribution < 1.29 is 4.79 Å². The van der Waals surface area contributed by atoms with Crippen molar-refractivity contribution in [2.45, 2.75) is 11.8 Å². The molecule has 0 heterocycles. The van der Waals surface area contributed by atoms with E-state index in [1.807, 2.05) is 43.3 Å². The lowest BCUT2D eigenvalue weighted by Gasteiger charge is -2.07. The number of rotatable bonds is 2. The van der Waals surface area contributed by atoms with E-state index in [2.05, 4.69) is 33.9 Å². The van der Waals surface area contributed by atoms with Gasteiger partial charge >= 0.3 is 0 Å². The number of hydrogen-bond acceptors (Lipinski definition) is 2. The van der Waals surface area contributed by atoms with Crippen LogP contribution in [-0.4, -0.2) is 5.91 Å². The summed E-state index contributed by atoms with van der Waals surface area (Å²) in [6.45, 7) is 2.01. The Kier molecular flexibility index (Phi) is 4.09. The first-order chi connectivity index (χ1) is 8.56. The molecule has 0 atom stereocenters. The Hall–Kier alpha value is -1.26. The monoisotopic (exact) mass is 321 g/mol. The number of halogens is 1. The number of benzene rings is 2. The zero-order valence-corrected chi connectivity index (χ0v) is 12.3. The van der Waals surface area contributed by atoms with Gasteiger partial charge in [0.1, 0.15) is 0 Å². The largest absolute Gasteiger partial charge is 0.322 e. The standard InChI is InChI=1S/C14H12BrNOS/c1-9-2-4-10(5-3-9)16-14(17)12-8-11(18)6-7-13(12)15/h2-8,18H,1H3,(H,16,17). The third-order valence-electron chi connectivity index (χ3n) is 2.50. The molecule has 0 saturated heterocycles. The maximum Gasteiger partial charge on any atom is 0.256 e. The van der Waals surface area contributed by atoms with Gasteiger partial charge in [-0.1, -0.05) is 17.7 Å². The summed E-state index contributed by atoms with van der Waals surface area (Å²) in [5.41, 5.74) is 2.51.